The summed E-state index contributed by atoms with van der Waals surface area (Å²) < 4.78 is 0. The summed E-state index contributed by atoms with van der Waals surface area (Å²) >= 11 is 0. The second-order valence-corrected chi connectivity index (χ2v) is 5.58. The van der Waals surface area contributed by atoms with Crippen LogP contribution in [0.3, 0.4) is 0 Å². The Balaban J connectivity index is 1.88. The molecule has 0 aromatic heterocycles. The maximum atomic E-state index is 12.0. The fourth-order valence-corrected chi connectivity index (χ4v) is 2.27. The predicted molar refractivity (Wildman–Crippen MR) is 82.1 cm³/mol. The summed E-state index contributed by atoms with van der Waals surface area (Å²) in [5.41, 5.74) is 2.31. The molecule has 0 heterocycles. The first-order chi connectivity index (χ1) is 10.1. The van der Waals surface area contributed by atoms with Gasteiger partial charge in [-0.25, -0.2) is 4.79 Å². The first-order valence-corrected chi connectivity index (χ1v) is 7.36. The minimum absolute atomic E-state index is 0.0670. The summed E-state index contributed by atoms with van der Waals surface area (Å²) in [6.07, 6.45) is 7.57. The number of amides is 1. The van der Waals surface area contributed by atoms with Crippen molar-refractivity contribution in [1.29, 1.82) is 0 Å². The summed E-state index contributed by atoms with van der Waals surface area (Å²) in [6.45, 7) is 2.58. The van der Waals surface area contributed by atoms with E-state index in [4.69, 9.17) is 5.11 Å². The number of carboxylic acid groups (broad SMARTS) is 1. The van der Waals surface area contributed by atoms with Crippen molar-refractivity contribution < 1.29 is 14.7 Å². The molecule has 1 aliphatic rings. The smallest absolute Gasteiger partial charge is 0.328 e. The van der Waals surface area contributed by atoms with E-state index in [9.17, 15) is 9.59 Å². The number of aliphatic carboxylic acids is 1. The van der Waals surface area contributed by atoms with Crippen LogP contribution in [-0.2, 0) is 4.79 Å². The largest absolute Gasteiger partial charge is 0.478 e. The monoisotopic (exact) mass is 287 g/mol. The molecule has 0 spiro atoms. The van der Waals surface area contributed by atoms with Crippen LogP contribution in [-0.4, -0.2) is 23.5 Å². The molecular weight excluding hydrogens is 266 g/mol. The van der Waals surface area contributed by atoms with E-state index in [1.807, 2.05) is 6.92 Å². The van der Waals surface area contributed by atoms with Gasteiger partial charge >= 0.3 is 5.97 Å². The van der Waals surface area contributed by atoms with Crippen LogP contribution in [0.5, 0.6) is 0 Å². The number of carbonyl (C=O) groups is 2. The van der Waals surface area contributed by atoms with E-state index < -0.39 is 5.97 Å². The lowest BCUT2D eigenvalue weighted by molar-refractivity contribution is -0.131. The molecule has 0 bridgehead atoms. The van der Waals surface area contributed by atoms with E-state index in [1.54, 1.807) is 18.2 Å². The fourth-order valence-electron chi connectivity index (χ4n) is 2.27. The molecule has 1 aromatic rings. The summed E-state index contributed by atoms with van der Waals surface area (Å²) in [6, 6.07) is 5.29. The Labute approximate surface area is 124 Å². The first kappa shape index (κ1) is 15.3. The molecule has 0 saturated heterocycles. The second kappa shape index (κ2) is 7.07. The van der Waals surface area contributed by atoms with Crippen molar-refractivity contribution in [3.8, 4) is 0 Å². The van der Waals surface area contributed by atoms with Crippen LogP contribution < -0.4 is 5.32 Å². The molecular formula is C17H21NO3. The molecule has 0 radical (unpaired) electrons. The van der Waals surface area contributed by atoms with Gasteiger partial charge in [0.15, 0.2) is 0 Å². The highest BCUT2D eigenvalue weighted by atomic mass is 16.4. The van der Waals surface area contributed by atoms with E-state index in [2.05, 4.69) is 5.32 Å². The van der Waals surface area contributed by atoms with Crippen molar-refractivity contribution >= 4 is 18.0 Å². The number of benzene rings is 1. The Morgan fingerprint density at radius 1 is 1.38 bits per heavy atom. The van der Waals surface area contributed by atoms with Gasteiger partial charge in [-0.1, -0.05) is 18.9 Å². The topological polar surface area (TPSA) is 66.4 Å². The van der Waals surface area contributed by atoms with Gasteiger partial charge in [-0.15, -0.1) is 0 Å². The third-order valence-corrected chi connectivity index (χ3v) is 3.71. The highest BCUT2D eigenvalue weighted by Gasteiger charge is 2.20. The number of carboxylic acids is 1. The van der Waals surface area contributed by atoms with Gasteiger partial charge in [0, 0.05) is 18.2 Å². The van der Waals surface area contributed by atoms with Gasteiger partial charge in [0.1, 0.15) is 0 Å². The molecule has 4 nitrogen and oxygen atoms in total. The van der Waals surface area contributed by atoms with E-state index in [0.29, 0.717) is 5.56 Å². The molecule has 1 amide bonds. The summed E-state index contributed by atoms with van der Waals surface area (Å²) in [4.78, 5) is 22.5. The molecule has 2 N–H and O–H groups in total. The summed E-state index contributed by atoms with van der Waals surface area (Å²) in [7, 11) is 0. The standard InChI is InChI=1S/C17H21NO3/c1-12-11-15(7-6-14(12)8-9-16(19)20)17(21)18-10-2-3-13-4-5-13/h6-9,11,13H,2-5,10H2,1H3,(H,18,21)(H,19,20)/b9-8+. The molecule has 0 atom stereocenters. The summed E-state index contributed by atoms with van der Waals surface area (Å²) in [5.74, 6) is -0.154. The van der Waals surface area contributed by atoms with Gasteiger partial charge in [0.25, 0.3) is 5.91 Å². The number of rotatable bonds is 7. The van der Waals surface area contributed by atoms with Crippen molar-refractivity contribution in [2.75, 3.05) is 6.54 Å². The maximum absolute atomic E-state index is 12.0. The van der Waals surface area contributed by atoms with Crippen LogP contribution in [0.4, 0.5) is 0 Å². The Bertz CT molecular complexity index is 559. The third-order valence-electron chi connectivity index (χ3n) is 3.71. The van der Waals surface area contributed by atoms with E-state index in [-0.39, 0.29) is 5.91 Å². The third kappa shape index (κ3) is 5.06. The Kier molecular flexibility index (Phi) is 5.14. The Hall–Kier alpha value is -2.10. The minimum atomic E-state index is -0.980. The average molecular weight is 287 g/mol. The van der Waals surface area contributed by atoms with Crippen LogP contribution in [0, 0.1) is 12.8 Å². The highest BCUT2D eigenvalue weighted by molar-refractivity contribution is 5.95. The van der Waals surface area contributed by atoms with Crippen molar-refractivity contribution in [1.82, 2.24) is 5.32 Å². The zero-order valence-corrected chi connectivity index (χ0v) is 12.3. The van der Waals surface area contributed by atoms with Crippen LogP contribution in [0.25, 0.3) is 6.08 Å². The Morgan fingerprint density at radius 3 is 2.76 bits per heavy atom. The zero-order valence-electron chi connectivity index (χ0n) is 12.3. The number of aryl methyl sites for hydroxylation is 1. The maximum Gasteiger partial charge on any atom is 0.328 e. The molecule has 112 valence electrons. The van der Waals surface area contributed by atoms with Gasteiger partial charge in [0.05, 0.1) is 0 Å². The lowest BCUT2D eigenvalue weighted by Crippen LogP contribution is -2.24. The lowest BCUT2D eigenvalue weighted by atomic mass is 10.0. The van der Waals surface area contributed by atoms with Gasteiger partial charge in [0.2, 0.25) is 0 Å². The fraction of sp³-hybridized carbons (Fsp3) is 0.412. The van der Waals surface area contributed by atoms with Gasteiger partial charge in [-0.05, 0) is 55.0 Å². The van der Waals surface area contributed by atoms with Crippen molar-refractivity contribution in [2.45, 2.75) is 32.6 Å². The number of hydrogen-bond acceptors (Lipinski definition) is 2. The van der Waals surface area contributed by atoms with Gasteiger partial charge in [-0.3, -0.25) is 4.79 Å². The number of carbonyl (C=O) groups excluding carboxylic acids is 1. The normalized spacial score (nSPS) is 14.3. The van der Waals surface area contributed by atoms with E-state index in [1.165, 1.54) is 25.3 Å². The average Bonchev–Trinajstić information content (AvgIpc) is 3.26. The molecule has 1 aromatic carbocycles. The van der Waals surface area contributed by atoms with Gasteiger partial charge < -0.3 is 10.4 Å². The number of hydrogen-bond donors (Lipinski definition) is 2. The van der Waals surface area contributed by atoms with Crippen LogP contribution in [0.1, 0.15) is 47.2 Å². The Morgan fingerprint density at radius 2 is 2.14 bits per heavy atom. The summed E-state index contributed by atoms with van der Waals surface area (Å²) in [5, 5.41) is 11.5. The quantitative estimate of drug-likeness (QED) is 0.598. The molecule has 1 aliphatic carbocycles. The minimum Gasteiger partial charge on any atom is -0.478 e. The molecule has 2 rings (SSSR count). The van der Waals surface area contributed by atoms with Crippen LogP contribution >= 0.6 is 0 Å². The number of nitrogens with one attached hydrogen (secondary N) is 1. The van der Waals surface area contributed by atoms with Crippen molar-refractivity contribution in [2.24, 2.45) is 5.92 Å². The predicted octanol–water partition coefficient (Wildman–Crippen LogP) is 3.01. The van der Waals surface area contributed by atoms with E-state index in [0.717, 1.165) is 36.1 Å². The molecule has 1 fully saturated rings. The van der Waals surface area contributed by atoms with Crippen LogP contribution in [0.15, 0.2) is 24.3 Å². The van der Waals surface area contributed by atoms with Crippen molar-refractivity contribution in [3.05, 3.63) is 41.0 Å². The molecule has 0 aliphatic heterocycles. The van der Waals surface area contributed by atoms with Gasteiger partial charge in [-0.2, -0.15) is 0 Å². The lowest BCUT2D eigenvalue weighted by Gasteiger charge is -2.07. The van der Waals surface area contributed by atoms with Crippen LogP contribution in [0.2, 0.25) is 0 Å². The first-order valence-electron chi connectivity index (χ1n) is 7.36. The zero-order chi connectivity index (χ0) is 15.2. The molecule has 4 heteroatoms. The second-order valence-electron chi connectivity index (χ2n) is 5.58. The van der Waals surface area contributed by atoms with Crippen molar-refractivity contribution in [3.63, 3.8) is 0 Å². The highest BCUT2D eigenvalue weighted by Crippen LogP contribution is 2.33. The molecule has 21 heavy (non-hydrogen) atoms. The SMILES string of the molecule is Cc1cc(C(=O)NCCCC2CC2)ccc1/C=C/C(=O)O. The van der Waals surface area contributed by atoms with E-state index >= 15 is 0 Å². The molecule has 0 unspecified atom stereocenters. The molecule has 1 saturated carbocycles.